The Morgan fingerprint density at radius 3 is 3.07 bits per heavy atom. The Bertz CT molecular complexity index is 432. The number of hydrogen-bond donors (Lipinski definition) is 2. The SMILES string of the molecule is O=c1[nH]nc(CSCc2ccon2)[nH]1. The molecule has 0 aromatic carbocycles. The predicted molar refractivity (Wildman–Crippen MR) is 50.7 cm³/mol. The topological polar surface area (TPSA) is 87.6 Å². The van der Waals surface area contributed by atoms with Crippen LogP contribution in [0.5, 0.6) is 0 Å². The van der Waals surface area contributed by atoms with Crippen LogP contribution in [0.4, 0.5) is 0 Å². The molecule has 7 heteroatoms. The van der Waals surface area contributed by atoms with Crippen LogP contribution in [0.1, 0.15) is 11.5 Å². The monoisotopic (exact) mass is 212 g/mol. The number of H-pyrrole nitrogens is 2. The highest BCUT2D eigenvalue weighted by molar-refractivity contribution is 7.97. The largest absolute Gasteiger partial charge is 0.364 e. The van der Waals surface area contributed by atoms with Crippen LogP contribution in [0.25, 0.3) is 0 Å². The molecule has 2 aromatic heterocycles. The fourth-order valence-corrected chi connectivity index (χ4v) is 1.73. The van der Waals surface area contributed by atoms with Crippen LogP contribution in [-0.4, -0.2) is 20.3 Å². The maximum absolute atomic E-state index is 10.7. The van der Waals surface area contributed by atoms with E-state index in [0.717, 1.165) is 11.4 Å². The highest BCUT2D eigenvalue weighted by Crippen LogP contribution is 2.13. The quantitative estimate of drug-likeness (QED) is 0.771. The number of nitrogens with one attached hydrogen (secondary N) is 2. The Balaban J connectivity index is 1.81. The molecule has 0 aliphatic rings. The van der Waals surface area contributed by atoms with Crippen molar-refractivity contribution < 1.29 is 4.52 Å². The molecule has 0 atom stereocenters. The van der Waals surface area contributed by atoms with Crippen LogP contribution >= 0.6 is 11.8 Å². The fourth-order valence-electron chi connectivity index (χ4n) is 0.938. The molecular formula is C7H8N4O2S. The molecule has 0 aliphatic heterocycles. The summed E-state index contributed by atoms with van der Waals surface area (Å²) in [5.74, 6) is 2.03. The highest BCUT2D eigenvalue weighted by atomic mass is 32.2. The zero-order chi connectivity index (χ0) is 9.80. The van der Waals surface area contributed by atoms with E-state index in [9.17, 15) is 4.79 Å². The summed E-state index contributed by atoms with van der Waals surface area (Å²) in [6, 6.07) is 1.81. The van der Waals surface area contributed by atoms with Gasteiger partial charge < -0.3 is 4.52 Å². The molecule has 0 saturated heterocycles. The Hall–Kier alpha value is -1.50. The van der Waals surface area contributed by atoms with Gasteiger partial charge in [-0.05, 0) is 0 Å². The third-order valence-electron chi connectivity index (χ3n) is 1.53. The fraction of sp³-hybridized carbons (Fsp3) is 0.286. The first-order chi connectivity index (χ1) is 6.84. The molecule has 2 rings (SSSR count). The lowest BCUT2D eigenvalue weighted by Gasteiger charge is -1.93. The minimum atomic E-state index is -0.276. The zero-order valence-electron chi connectivity index (χ0n) is 7.19. The minimum absolute atomic E-state index is 0.276. The summed E-state index contributed by atoms with van der Waals surface area (Å²) in [5, 5.41) is 9.84. The number of hydrogen-bond acceptors (Lipinski definition) is 5. The van der Waals surface area contributed by atoms with Crippen LogP contribution < -0.4 is 5.69 Å². The van der Waals surface area contributed by atoms with Gasteiger partial charge in [-0.15, -0.1) is 11.8 Å². The van der Waals surface area contributed by atoms with E-state index in [1.54, 1.807) is 17.8 Å². The van der Waals surface area contributed by atoms with E-state index in [1.807, 2.05) is 0 Å². The van der Waals surface area contributed by atoms with E-state index in [1.165, 1.54) is 6.26 Å². The van der Waals surface area contributed by atoms with Gasteiger partial charge in [-0.25, -0.2) is 9.89 Å². The molecule has 0 fully saturated rings. The zero-order valence-corrected chi connectivity index (χ0v) is 8.00. The third-order valence-corrected chi connectivity index (χ3v) is 2.51. The van der Waals surface area contributed by atoms with Crippen LogP contribution in [0, 0.1) is 0 Å². The van der Waals surface area contributed by atoms with Gasteiger partial charge in [0.15, 0.2) is 0 Å². The number of thioether (sulfide) groups is 1. The van der Waals surface area contributed by atoms with Crippen molar-refractivity contribution in [3.63, 3.8) is 0 Å². The molecule has 74 valence electrons. The Kier molecular flexibility index (Phi) is 2.68. The van der Waals surface area contributed by atoms with Crippen LogP contribution in [0.2, 0.25) is 0 Å². The van der Waals surface area contributed by atoms with Crippen molar-refractivity contribution in [3.8, 4) is 0 Å². The van der Waals surface area contributed by atoms with Crippen molar-refractivity contribution in [1.29, 1.82) is 0 Å². The van der Waals surface area contributed by atoms with Crippen molar-refractivity contribution >= 4 is 11.8 Å². The number of aromatic nitrogens is 4. The van der Waals surface area contributed by atoms with Gasteiger partial charge in [-0.2, -0.15) is 5.10 Å². The highest BCUT2D eigenvalue weighted by Gasteiger charge is 2.00. The maximum atomic E-state index is 10.7. The first-order valence-electron chi connectivity index (χ1n) is 3.95. The smallest absolute Gasteiger partial charge is 0.340 e. The van der Waals surface area contributed by atoms with Gasteiger partial charge in [0.1, 0.15) is 12.1 Å². The summed E-state index contributed by atoms with van der Waals surface area (Å²) in [7, 11) is 0. The molecule has 0 aliphatic carbocycles. The van der Waals surface area contributed by atoms with Gasteiger partial charge in [0, 0.05) is 11.8 Å². The predicted octanol–water partition coefficient (Wildman–Crippen LogP) is 0.519. The number of nitrogens with zero attached hydrogens (tertiary/aromatic N) is 2. The van der Waals surface area contributed by atoms with Gasteiger partial charge in [-0.3, -0.25) is 4.98 Å². The van der Waals surface area contributed by atoms with Crippen molar-refractivity contribution in [3.05, 3.63) is 34.3 Å². The second-order valence-electron chi connectivity index (χ2n) is 2.61. The Labute approximate surface area is 83.1 Å². The van der Waals surface area contributed by atoms with E-state index < -0.39 is 0 Å². The molecule has 0 radical (unpaired) electrons. The van der Waals surface area contributed by atoms with Crippen molar-refractivity contribution in [1.82, 2.24) is 20.3 Å². The van der Waals surface area contributed by atoms with Gasteiger partial charge in [0.05, 0.1) is 11.4 Å². The lowest BCUT2D eigenvalue weighted by molar-refractivity contribution is 0.414. The molecule has 2 heterocycles. The molecule has 0 bridgehead atoms. The minimum Gasteiger partial charge on any atom is -0.364 e. The van der Waals surface area contributed by atoms with Gasteiger partial charge in [0.25, 0.3) is 0 Å². The van der Waals surface area contributed by atoms with E-state index in [0.29, 0.717) is 11.6 Å². The van der Waals surface area contributed by atoms with Gasteiger partial charge >= 0.3 is 5.69 Å². The summed E-state index contributed by atoms with van der Waals surface area (Å²) in [6.07, 6.45) is 1.53. The maximum Gasteiger partial charge on any atom is 0.340 e. The lowest BCUT2D eigenvalue weighted by Crippen LogP contribution is -2.00. The average Bonchev–Trinajstić information content (AvgIpc) is 2.77. The normalized spacial score (nSPS) is 10.6. The molecule has 6 nitrogen and oxygen atoms in total. The second kappa shape index (κ2) is 4.14. The average molecular weight is 212 g/mol. The van der Waals surface area contributed by atoms with Crippen LogP contribution in [0.3, 0.4) is 0 Å². The summed E-state index contributed by atoms with van der Waals surface area (Å²) >= 11 is 1.60. The molecule has 0 amide bonds. The molecule has 0 saturated carbocycles. The van der Waals surface area contributed by atoms with Crippen molar-refractivity contribution in [2.24, 2.45) is 0 Å². The second-order valence-corrected chi connectivity index (χ2v) is 3.59. The lowest BCUT2D eigenvalue weighted by atomic mass is 10.5. The van der Waals surface area contributed by atoms with E-state index in [4.69, 9.17) is 0 Å². The van der Waals surface area contributed by atoms with E-state index >= 15 is 0 Å². The Morgan fingerprint density at radius 2 is 2.43 bits per heavy atom. The summed E-state index contributed by atoms with van der Waals surface area (Å²) in [4.78, 5) is 13.2. The van der Waals surface area contributed by atoms with Crippen molar-refractivity contribution in [2.75, 3.05) is 0 Å². The molecule has 2 N–H and O–H groups in total. The molecular weight excluding hydrogens is 204 g/mol. The molecule has 14 heavy (non-hydrogen) atoms. The Morgan fingerprint density at radius 1 is 1.50 bits per heavy atom. The van der Waals surface area contributed by atoms with Gasteiger partial charge in [-0.1, -0.05) is 5.16 Å². The van der Waals surface area contributed by atoms with Crippen LogP contribution in [-0.2, 0) is 11.5 Å². The molecule has 0 spiro atoms. The van der Waals surface area contributed by atoms with Crippen LogP contribution in [0.15, 0.2) is 21.6 Å². The standard InChI is InChI=1S/C7H8N4O2S/c12-7-8-6(9-10-7)4-14-3-5-1-2-13-11-5/h1-2H,3-4H2,(H2,8,9,10,12). The molecule has 0 unspecified atom stereocenters. The third kappa shape index (κ3) is 2.25. The molecule has 2 aromatic rings. The van der Waals surface area contributed by atoms with E-state index in [-0.39, 0.29) is 5.69 Å². The number of rotatable bonds is 4. The summed E-state index contributed by atoms with van der Waals surface area (Å²) < 4.78 is 4.68. The summed E-state index contributed by atoms with van der Waals surface area (Å²) in [5.41, 5.74) is 0.606. The summed E-state index contributed by atoms with van der Waals surface area (Å²) in [6.45, 7) is 0. The number of aromatic amines is 2. The first-order valence-corrected chi connectivity index (χ1v) is 5.10. The van der Waals surface area contributed by atoms with Gasteiger partial charge in [0.2, 0.25) is 0 Å². The van der Waals surface area contributed by atoms with E-state index in [2.05, 4.69) is 24.9 Å². The first kappa shape index (κ1) is 9.07. The van der Waals surface area contributed by atoms with Crippen molar-refractivity contribution in [2.45, 2.75) is 11.5 Å².